The quantitative estimate of drug-likeness (QED) is 0.485. The summed E-state index contributed by atoms with van der Waals surface area (Å²) in [5, 5.41) is 14.0. The lowest BCUT2D eigenvalue weighted by Gasteiger charge is -2.22. The molecule has 148 valence electrons. The molecule has 2 bridgehead atoms. The summed E-state index contributed by atoms with van der Waals surface area (Å²) in [5.41, 5.74) is 9.70. The largest absolute Gasteiger partial charge is 0.482 e. The van der Waals surface area contributed by atoms with Gasteiger partial charge in [0, 0.05) is 23.5 Å². The van der Waals surface area contributed by atoms with E-state index in [0.29, 0.717) is 34.8 Å². The Labute approximate surface area is 171 Å². The second-order valence-corrected chi connectivity index (χ2v) is 6.99. The van der Waals surface area contributed by atoms with E-state index in [1.807, 2.05) is 17.6 Å². The highest BCUT2D eigenvalue weighted by Crippen LogP contribution is 2.34. The van der Waals surface area contributed by atoms with Gasteiger partial charge in [0.2, 0.25) is 0 Å². The Hall–Kier alpha value is -4.19. The molecule has 2 N–H and O–H groups in total. The maximum absolute atomic E-state index is 14.1. The number of rotatable bonds is 0. The van der Waals surface area contributed by atoms with Gasteiger partial charge in [-0.25, -0.2) is 19.0 Å². The van der Waals surface area contributed by atoms with Crippen LogP contribution in [-0.2, 0) is 6.54 Å². The van der Waals surface area contributed by atoms with E-state index in [4.69, 9.17) is 10.5 Å². The Bertz CT molecular complexity index is 1320. The van der Waals surface area contributed by atoms with Crippen LogP contribution in [0.4, 0.5) is 10.2 Å². The third-order valence-electron chi connectivity index (χ3n) is 5.11. The molecule has 3 aromatic heterocycles. The molecule has 5 rings (SSSR count). The van der Waals surface area contributed by atoms with Gasteiger partial charge in [0.25, 0.3) is 0 Å². The van der Waals surface area contributed by atoms with Crippen LogP contribution in [0.3, 0.4) is 0 Å². The van der Waals surface area contributed by atoms with Gasteiger partial charge in [0.15, 0.2) is 17.3 Å². The van der Waals surface area contributed by atoms with Gasteiger partial charge < -0.3 is 15.0 Å². The molecule has 1 unspecified atom stereocenters. The van der Waals surface area contributed by atoms with Crippen molar-refractivity contribution < 1.29 is 9.13 Å². The Morgan fingerprint density at radius 3 is 2.97 bits per heavy atom. The van der Waals surface area contributed by atoms with E-state index >= 15 is 0 Å². The number of imidazole rings is 1. The number of hydrogen-bond donors (Lipinski definition) is 1. The predicted octanol–water partition coefficient (Wildman–Crippen LogP) is 3.23. The first-order chi connectivity index (χ1) is 14.5. The van der Waals surface area contributed by atoms with Crippen LogP contribution in [0.2, 0.25) is 0 Å². The first-order valence-corrected chi connectivity index (χ1v) is 9.25. The smallest absolute Gasteiger partial charge is 0.166 e. The summed E-state index contributed by atoms with van der Waals surface area (Å²) in [6, 6.07) is 10.2. The second-order valence-electron chi connectivity index (χ2n) is 6.99. The third-order valence-corrected chi connectivity index (χ3v) is 5.11. The zero-order valence-corrected chi connectivity index (χ0v) is 16.0. The highest BCUT2D eigenvalue weighted by molar-refractivity contribution is 5.69. The molecule has 4 heterocycles. The Kier molecular flexibility index (Phi) is 3.99. The molecule has 1 aromatic carbocycles. The van der Waals surface area contributed by atoms with Gasteiger partial charge in [-0.15, -0.1) is 0 Å². The van der Waals surface area contributed by atoms with E-state index in [9.17, 15) is 9.65 Å². The molecule has 0 amide bonds. The van der Waals surface area contributed by atoms with Crippen LogP contribution >= 0.6 is 0 Å². The molecule has 4 aromatic rings. The van der Waals surface area contributed by atoms with Gasteiger partial charge in [0.1, 0.15) is 18.0 Å². The van der Waals surface area contributed by atoms with E-state index < -0.39 is 6.10 Å². The summed E-state index contributed by atoms with van der Waals surface area (Å²) >= 11 is 0. The Morgan fingerprint density at radius 1 is 1.27 bits per heavy atom. The molecule has 9 heteroatoms. The molecule has 1 aliphatic heterocycles. The number of anilines is 1. The van der Waals surface area contributed by atoms with E-state index in [1.165, 1.54) is 12.1 Å². The van der Waals surface area contributed by atoms with Crippen LogP contribution in [0.15, 0.2) is 49.1 Å². The molecule has 0 fully saturated rings. The lowest BCUT2D eigenvalue weighted by atomic mass is 10.1. The minimum absolute atomic E-state index is 0.199. The molecule has 0 aliphatic carbocycles. The van der Waals surface area contributed by atoms with Crippen molar-refractivity contribution >= 4 is 5.82 Å². The number of ether oxygens (including phenoxy) is 1. The minimum Gasteiger partial charge on any atom is -0.482 e. The van der Waals surface area contributed by atoms with Crippen molar-refractivity contribution in [1.82, 2.24) is 24.3 Å². The van der Waals surface area contributed by atoms with Gasteiger partial charge in [-0.05, 0) is 37.3 Å². The molecule has 30 heavy (non-hydrogen) atoms. The van der Waals surface area contributed by atoms with Crippen molar-refractivity contribution in [3.8, 4) is 28.8 Å². The SMILES string of the molecule is CC1Oc2cc(cnc2N)-c2c(C#N)ncn2Cc2ccnn2-c2ccc(F)cc21. The molecule has 0 saturated carbocycles. The number of nitrogens with two attached hydrogens (primary N) is 1. The van der Waals surface area contributed by atoms with Crippen LogP contribution in [-0.4, -0.2) is 24.3 Å². The maximum atomic E-state index is 14.1. The fraction of sp³-hybridized carbons (Fsp3) is 0.143. The molecular weight excluding hydrogens is 385 g/mol. The Morgan fingerprint density at radius 2 is 2.13 bits per heavy atom. The van der Waals surface area contributed by atoms with Crippen molar-refractivity contribution in [2.45, 2.75) is 19.6 Å². The summed E-state index contributed by atoms with van der Waals surface area (Å²) < 4.78 is 23.8. The van der Waals surface area contributed by atoms with Crippen LogP contribution in [0.1, 0.15) is 30.0 Å². The zero-order valence-electron chi connectivity index (χ0n) is 16.0. The average Bonchev–Trinajstić information content (AvgIpc) is 3.36. The van der Waals surface area contributed by atoms with Gasteiger partial charge in [-0.1, -0.05) is 0 Å². The highest BCUT2D eigenvalue weighted by Gasteiger charge is 2.22. The van der Waals surface area contributed by atoms with E-state index in [-0.39, 0.29) is 17.3 Å². The number of halogens is 1. The highest BCUT2D eigenvalue weighted by atomic mass is 19.1. The second kappa shape index (κ2) is 6.70. The van der Waals surface area contributed by atoms with Gasteiger partial charge in [-0.3, -0.25) is 0 Å². The van der Waals surface area contributed by atoms with Crippen molar-refractivity contribution in [3.05, 3.63) is 71.8 Å². The lowest BCUT2D eigenvalue weighted by molar-refractivity contribution is 0.226. The molecule has 0 saturated heterocycles. The zero-order chi connectivity index (χ0) is 20.8. The molecule has 8 nitrogen and oxygen atoms in total. The summed E-state index contributed by atoms with van der Waals surface area (Å²) in [6.07, 6.45) is 4.32. The summed E-state index contributed by atoms with van der Waals surface area (Å²) in [7, 11) is 0. The third kappa shape index (κ3) is 2.78. The summed E-state index contributed by atoms with van der Waals surface area (Å²) in [6.45, 7) is 2.21. The average molecular weight is 401 g/mol. The van der Waals surface area contributed by atoms with Gasteiger partial charge >= 0.3 is 0 Å². The first kappa shape index (κ1) is 17.9. The summed E-state index contributed by atoms with van der Waals surface area (Å²) in [4.78, 5) is 8.47. The fourth-order valence-electron chi connectivity index (χ4n) is 3.71. The van der Waals surface area contributed by atoms with E-state index in [1.54, 1.807) is 35.5 Å². The molecule has 0 radical (unpaired) electrons. The topological polar surface area (TPSA) is 108 Å². The number of pyridine rings is 1. The molecule has 0 spiro atoms. The van der Waals surface area contributed by atoms with Crippen molar-refractivity contribution in [2.75, 3.05) is 5.73 Å². The van der Waals surface area contributed by atoms with Crippen LogP contribution in [0, 0.1) is 17.1 Å². The number of fused-ring (bicyclic) bond motifs is 7. The van der Waals surface area contributed by atoms with Crippen molar-refractivity contribution in [2.24, 2.45) is 0 Å². The fourth-order valence-corrected chi connectivity index (χ4v) is 3.71. The monoisotopic (exact) mass is 401 g/mol. The molecule has 1 atom stereocenters. The molecular formula is C21H16FN7O. The number of nitrogen functional groups attached to an aromatic ring is 1. The first-order valence-electron chi connectivity index (χ1n) is 9.25. The number of nitrogens with zero attached hydrogens (tertiary/aromatic N) is 6. The van der Waals surface area contributed by atoms with Crippen LogP contribution in [0.5, 0.6) is 5.75 Å². The Balaban J connectivity index is 1.81. The van der Waals surface area contributed by atoms with Gasteiger partial charge in [0.05, 0.1) is 29.9 Å². The van der Waals surface area contributed by atoms with Gasteiger partial charge in [-0.2, -0.15) is 10.4 Å². The number of aromatic nitrogens is 5. The normalized spacial score (nSPS) is 14.9. The number of hydrogen-bond acceptors (Lipinski definition) is 6. The van der Waals surface area contributed by atoms with E-state index in [2.05, 4.69) is 21.1 Å². The molecule has 1 aliphatic rings. The minimum atomic E-state index is -0.535. The van der Waals surface area contributed by atoms with E-state index in [0.717, 1.165) is 5.69 Å². The number of nitriles is 1. The maximum Gasteiger partial charge on any atom is 0.166 e. The lowest BCUT2D eigenvalue weighted by Crippen LogP contribution is -2.15. The van der Waals surface area contributed by atoms with Crippen LogP contribution in [0.25, 0.3) is 16.9 Å². The predicted molar refractivity (Wildman–Crippen MR) is 106 cm³/mol. The number of benzene rings is 1. The van der Waals surface area contributed by atoms with Crippen molar-refractivity contribution in [1.29, 1.82) is 5.26 Å². The van der Waals surface area contributed by atoms with Crippen LogP contribution < -0.4 is 10.5 Å². The summed E-state index contributed by atoms with van der Waals surface area (Å²) in [5.74, 6) is 0.165. The van der Waals surface area contributed by atoms with Crippen molar-refractivity contribution in [3.63, 3.8) is 0 Å². The standard InChI is InChI=1S/C21H16FN7O/c1-12-16-7-14(22)2-3-18(16)29-15(4-5-27-29)10-28-11-26-17(8-23)20(28)13-6-19(30-12)21(24)25-9-13/h2-7,9,11-12H,10H2,1H3,(H2,24,25).